The summed E-state index contributed by atoms with van der Waals surface area (Å²) in [4.78, 5) is 18.1. The van der Waals surface area contributed by atoms with Crippen molar-refractivity contribution in [2.24, 2.45) is 0 Å². The number of methoxy groups -OCH3 is 1. The van der Waals surface area contributed by atoms with Crippen LogP contribution in [0, 0.1) is 0 Å². The van der Waals surface area contributed by atoms with Crippen molar-refractivity contribution in [2.45, 2.75) is 0 Å². The summed E-state index contributed by atoms with van der Waals surface area (Å²) in [6, 6.07) is 7.71. The molecule has 0 bridgehead atoms. The van der Waals surface area contributed by atoms with Gasteiger partial charge in [0.1, 0.15) is 10.1 Å². The highest BCUT2D eigenvalue weighted by molar-refractivity contribution is 8.26. The van der Waals surface area contributed by atoms with Crippen LogP contribution >= 0.6 is 35.3 Å². The third-order valence-corrected chi connectivity index (χ3v) is 5.49. The van der Waals surface area contributed by atoms with E-state index in [4.69, 9.17) is 21.9 Å². The number of fused-ring (bicyclic) bond motifs is 1. The molecule has 5 nitrogen and oxygen atoms in total. The summed E-state index contributed by atoms with van der Waals surface area (Å²) < 4.78 is 7.66. The van der Waals surface area contributed by atoms with Crippen molar-refractivity contribution in [2.75, 3.05) is 7.11 Å². The van der Waals surface area contributed by atoms with Crippen LogP contribution in [0.5, 0.6) is 5.75 Å². The first kappa shape index (κ1) is 15.4. The molecule has 2 aromatic heterocycles. The second-order valence-corrected chi connectivity index (χ2v) is 7.57. The molecule has 1 fully saturated rings. The van der Waals surface area contributed by atoms with E-state index in [1.54, 1.807) is 18.4 Å². The first-order valence-electron chi connectivity index (χ1n) is 7.00. The monoisotopic (exact) mass is 373 g/mol. The fourth-order valence-corrected chi connectivity index (χ4v) is 4.19. The Morgan fingerprint density at radius 1 is 1.33 bits per heavy atom. The lowest BCUT2D eigenvalue weighted by Gasteiger charge is -2.03. The van der Waals surface area contributed by atoms with E-state index in [2.05, 4.69) is 5.32 Å². The third kappa shape index (κ3) is 2.62. The Bertz CT molecular complexity index is 986. The summed E-state index contributed by atoms with van der Waals surface area (Å²) in [5, 5.41) is 4.61. The number of hydrogen-bond acceptors (Lipinski definition) is 6. The van der Waals surface area contributed by atoms with Crippen molar-refractivity contribution < 1.29 is 9.53 Å². The van der Waals surface area contributed by atoms with Gasteiger partial charge >= 0.3 is 0 Å². The summed E-state index contributed by atoms with van der Waals surface area (Å²) in [6.07, 6.45) is 3.79. The van der Waals surface area contributed by atoms with Crippen LogP contribution in [-0.2, 0) is 4.79 Å². The van der Waals surface area contributed by atoms with Gasteiger partial charge in [0.15, 0.2) is 4.96 Å². The van der Waals surface area contributed by atoms with Crippen LogP contribution in [0.25, 0.3) is 22.3 Å². The van der Waals surface area contributed by atoms with Crippen LogP contribution in [0.3, 0.4) is 0 Å². The predicted octanol–water partition coefficient (Wildman–Crippen LogP) is 3.56. The predicted molar refractivity (Wildman–Crippen MR) is 101 cm³/mol. The van der Waals surface area contributed by atoms with Gasteiger partial charge in [0.2, 0.25) is 0 Å². The Morgan fingerprint density at radius 3 is 2.79 bits per heavy atom. The lowest BCUT2D eigenvalue weighted by Crippen LogP contribution is -2.17. The highest BCUT2D eigenvalue weighted by Crippen LogP contribution is 2.32. The summed E-state index contributed by atoms with van der Waals surface area (Å²) in [5.74, 6) is 0.617. The zero-order valence-corrected chi connectivity index (χ0v) is 14.9. The van der Waals surface area contributed by atoms with E-state index in [1.165, 1.54) is 11.8 Å². The number of aromatic nitrogens is 2. The molecule has 0 unspecified atom stereocenters. The molecule has 8 heteroatoms. The van der Waals surface area contributed by atoms with Gasteiger partial charge in [-0.3, -0.25) is 9.20 Å². The minimum absolute atomic E-state index is 0.170. The first-order chi connectivity index (χ1) is 11.7. The number of thiazole rings is 1. The molecular weight excluding hydrogens is 362 g/mol. The van der Waals surface area contributed by atoms with E-state index in [0.717, 1.165) is 27.7 Å². The number of thioether (sulfide) groups is 1. The van der Waals surface area contributed by atoms with Gasteiger partial charge in [-0.1, -0.05) is 24.0 Å². The number of hydrogen-bond donors (Lipinski definition) is 1. The smallest absolute Gasteiger partial charge is 0.263 e. The molecule has 1 saturated heterocycles. The van der Waals surface area contributed by atoms with Crippen LogP contribution < -0.4 is 10.1 Å². The molecule has 1 N–H and O–H groups in total. The number of imidazole rings is 1. The summed E-state index contributed by atoms with van der Waals surface area (Å²) in [7, 11) is 1.64. The van der Waals surface area contributed by atoms with Gasteiger partial charge in [-0.15, -0.1) is 11.3 Å². The number of nitrogens with zero attached hydrogens (tertiary/aromatic N) is 2. The normalized spacial score (nSPS) is 16.1. The van der Waals surface area contributed by atoms with Gasteiger partial charge in [0.05, 0.1) is 23.4 Å². The van der Waals surface area contributed by atoms with Gasteiger partial charge in [0, 0.05) is 17.1 Å². The Balaban J connectivity index is 1.87. The number of ether oxygens (including phenoxy) is 1. The maximum atomic E-state index is 12.0. The maximum Gasteiger partial charge on any atom is 0.263 e. The number of amides is 1. The summed E-state index contributed by atoms with van der Waals surface area (Å²) in [6.45, 7) is 0. The zero-order valence-electron chi connectivity index (χ0n) is 12.5. The van der Waals surface area contributed by atoms with Crippen LogP contribution in [0.15, 0.2) is 40.7 Å². The van der Waals surface area contributed by atoms with E-state index in [-0.39, 0.29) is 5.91 Å². The standard InChI is InChI=1S/C16H11N3O2S3/c1-21-10-4-2-9(3-5-10)13-11(19-6-7-23-15(19)17-13)8-12-14(20)18-16(22)24-12/h2-8H,1H3,(H,18,20,22). The van der Waals surface area contributed by atoms with Gasteiger partial charge in [0.25, 0.3) is 5.91 Å². The minimum Gasteiger partial charge on any atom is -0.497 e. The molecule has 0 aliphatic carbocycles. The largest absolute Gasteiger partial charge is 0.497 e. The molecule has 1 aliphatic rings. The number of carbonyl (C=O) groups excluding carboxylic acids is 1. The van der Waals surface area contributed by atoms with Gasteiger partial charge < -0.3 is 10.1 Å². The molecule has 1 aromatic carbocycles. The Labute approximate surface area is 151 Å². The molecule has 0 spiro atoms. The van der Waals surface area contributed by atoms with Crippen molar-refractivity contribution in [3.05, 3.63) is 46.4 Å². The van der Waals surface area contributed by atoms with Gasteiger partial charge in [-0.25, -0.2) is 4.98 Å². The first-order valence-corrected chi connectivity index (χ1v) is 9.11. The Morgan fingerprint density at radius 2 is 2.12 bits per heavy atom. The summed E-state index contributed by atoms with van der Waals surface area (Å²) in [5.41, 5.74) is 2.64. The van der Waals surface area contributed by atoms with Crippen LogP contribution in [-0.4, -0.2) is 26.7 Å². The van der Waals surface area contributed by atoms with Crippen molar-refractivity contribution >= 4 is 56.6 Å². The number of nitrogens with one attached hydrogen (secondary N) is 1. The molecular formula is C16H11N3O2S3. The van der Waals surface area contributed by atoms with Crippen molar-refractivity contribution in [3.8, 4) is 17.0 Å². The molecule has 120 valence electrons. The second kappa shape index (κ2) is 6.04. The molecule has 0 saturated carbocycles. The molecule has 3 heterocycles. The van der Waals surface area contributed by atoms with Crippen LogP contribution in [0.1, 0.15) is 5.69 Å². The highest BCUT2D eigenvalue weighted by Gasteiger charge is 2.24. The lowest BCUT2D eigenvalue weighted by molar-refractivity contribution is -0.115. The van der Waals surface area contributed by atoms with Gasteiger partial charge in [-0.05, 0) is 30.3 Å². The quantitative estimate of drug-likeness (QED) is 0.562. The van der Waals surface area contributed by atoms with Crippen molar-refractivity contribution in [1.82, 2.24) is 14.7 Å². The molecule has 0 radical (unpaired) electrons. The number of benzene rings is 1. The fraction of sp³-hybridized carbons (Fsp3) is 0.0625. The zero-order chi connectivity index (χ0) is 16.7. The molecule has 3 aromatic rings. The summed E-state index contributed by atoms with van der Waals surface area (Å²) >= 11 is 7.87. The SMILES string of the molecule is COc1ccc(-c2nc3sccn3c2C=C2SC(=S)NC2=O)cc1. The molecule has 1 amide bonds. The van der Waals surface area contributed by atoms with Crippen molar-refractivity contribution in [1.29, 1.82) is 0 Å². The number of carbonyl (C=O) groups is 1. The minimum atomic E-state index is -0.170. The van der Waals surface area contributed by atoms with E-state index < -0.39 is 0 Å². The topological polar surface area (TPSA) is 55.6 Å². The third-order valence-electron chi connectivity index (χ3n) is 3.57. The molecule has 0 atom stereocenters. The number of thiocarbonyl (C=S) groups is 1. The van der Waals surface area contributed by atoms with Gasteiger partial charge in [-0.2, -0.15) is 0 Å². The van der Waals surface area contributed by atoms with E-state index >= 15 is 0 Å². The van der Waals surface area contributed by atoms with Crippen LogP contribution in [0.4, 0.5) is 0 Å². The average Bonchev–Trinajstić information content (AvgIpc) is 3.24. The van der Waals surface area contributed by atoms with Crippen molar-refractivity contribution in [3.63, 3.8) is 0 Å². The molecule has 4 rings (SSSR count). The van der Waals surface area contributed by atoms with E-state index in [9.17, 15) is 4.79 Å². The molecule has 24 heavy (non-hydrogen) atoms. The maximum absolute atomic E-state index is 12.0. The Kier molecular flexibility index (Phi) is 3.87. The van der Waals surface area contributed by atoms with E-state index in [0.29, 0.717) is 9.23 Å². The van der Waals surface area contributed by atoms with E-state index in [1.807, 2.05) is 46.3 Å². The van der Waals surface area contributed by atoms with Crippen LogP contribution in [0.2, 0.25) is 0 Å². The fourth-order valence-electron chi connectivity index (χ4n) is 2.45. The number of rotatable bonds is 3. The highest BCUT2D eigenvalue weighted by atomic mass is 32.2. The second-order valence-electron chi connectivity index (χ2n) is 4.98. The average molecular weight is 373 g/mol. The Hall–Kier alpha value is -2.16. The lowest BCUT2D eigenvalue weighted by atomic mass is 10.1. The molecule has 1 aliphatic heterocycles.